The highest BCUT2D eigenvalue weighted by molar-refractivity contribution is 7.15. The first-order valence-electron chi connectivity index (χ1n) is 6.38. The largest absolute Gasteiger partial charge is 0.296 e. The Morgan fingerprint density at radius 3 is 2.71 bits per heavy atom. The number of nitrogens with one attached hydrogen (secondary N) is 1. The molecule has 3 aromatic rings. The van der Waals surface area contributed by atoms with Gasteiger partial charge in [0.25, 0.3) is 5.91 Å². The molecule has 6 nitrogen and oxygen atoms in total. The van der Waals surface area contributed by atoms with Crippen LogP contribution in [0.5, 0.6) is 0 Å². The summed E-state index contributed by atoms with van der Waals surface area (Å²) in [5.74, 6) is -0.184. The smallest absolute Gasteiger partial charge is 0.257 e. The molecule has 0 radical (unpaired) electrons. The molecular formula is C14H13N5OS. The molecule has 1 aromatic carbocycles. The van der Waals surface area contributed by atoms with Gasteiger partial charge in [0.05, 0.1) is 6.54 Å². The van der Waals surface area contributed by atoms with Crippen LogP contribution in [0.25, 0.3) is 0 Å². The maximum atomic E-state index is 12.1. The SMILES string of the molecule is Cc1nnc(NC(=O)c2ccc(Cn3cccn3)cc2)s1. The number of hydrogen-bond donors (Lipinski definition) is 1. The lowest BCUT2D eigenvalue weighted by molar-refractivity contribution is 0.102. The summed E-state index contributed by atoms with van der Waals surface area (Å²) in [6.07, 6.45) is 3.64. The molecule has 0 spiro atoms. The van der Waals surface area contributed by atoms with Crippen LogP contribution >= 0.6 is 11.3 Å². The zero-order valence-corrected chi connectivity index (χ0v) is 12.2. The van der Waals surface area contributed by atoms with Crippen molar-refractivity contribution in [3.05, 3.63) is 58.9 Å². The van der Waals surface area contributed by atoms with Crippen molar-refractivity contribution in [1.29, 1.82) is 0 Å². The van der Waals surface area contributed by atoms with E-state index in [1.807, 2.05) is 36.0 Å². The molecule has 106 valence electrons. The van der Waals surface area contributed by atoms with E-state index in [1.165, 1.54) is 11.3 Å². The fourth-order valence-corrected chi connectivity index (χ4v) is 2.45. The van der Waals surface area contributed by atoms with Crippen LogP contribution in [-0.2, 0) is 6.54 Å². The Balaban J connectivity index is 1.67. The molecule has 1 amide bonds. The number of aryl methyl sites for hydroxylation is 1. The van der Waals surface area contributed by atoms with Crippen molar-refractivity contribution in [3.8, 4) is 0 Å². The van der Waals surface area contributed by atoms with Crippen LogP contribution in [0.2, 0.25) is 0 Å². The van der Waals surface area contributed by atoms with Crippen LogP contribution < -0.4 is 5.32 Å². The van der Waals surface area contributed by atoms with Gasteiger partial charge in [-0.05, 0) is 30.7 Å². The zero-order chi connectivity index (χ0) is 14.7. The van der Waals surface area contributed by atoms with Gasteiger partial charge in [-0.3, -0.25) is 14.8 Å². The number of nitrogens with zero attached hydrogens (tertiary/aromatic N) is 4. The van der Waals surface area contributed by atoms with Crippen LogP contribution in [0.3, 0.4) is 0 Å². The number of anilines is 1. The lowest BCUT2D eigenvalue weighted by Gasteiger charge is -2.04. The summed E-state index contributed by atoms with van der Waals surface area (Å²) in [7, 11) is 0. The van der Waals surface area contributed by atoms with E-state index in [1.54, 1.807) is 18.3 Å². The molecule has 0 bridgehead atoms. The quantitative estimate of drug-likeness (QED) is 0.802. The third kappa shape index (κ3) is 3.32. The third-order valence-electron chi connectivity index (χ3n) is 2.87. The maximum absolute atomic E-state index is 12.1. The maximum Gasteiger partial charge on any atom is 0.257 e. The Kier molecular flexibility index (Phi) is 3.74. The summed E-state index contributed by atoms with van der Waals surface area (Å²) < 4.78 is 1.83. The molecule has 2 aromatic heterocycles. The van der Waals surface area contributed by atoms with Gasteiger partial charge < -0.3 is 0 Å². The highest BCUT2D eigenvalue weighted by Gasteiger charge is 2.09. The minimum atomic E-state index is -0.184. The fourth-order valence-electron chi connectivity index (χ4n) is 1.86. The van der Waals surface area contributed by atoms with Gasteiger partial charge in [0.1, 0.15) is 5.01 Å². The van der Waals surface area contributed by atoms with Crippen LogP contribution in [0.4, 0.5) is 5.13 Å². The van der Waals surface area contributed by atoms with Gasteiger partial charge in [0.2, 0.25) is 5.13 Å². The lowest BCUT2D eigenvalue weighted by Crippen LogP contribution is -2.11. The molecule has 3 rings (SSSR count). The van der Waals surface area contributed by atoms with E-state index >= 15 is 0 Å². The number of benzene rings is 1. The molecule has 0 aliphatic carbocycles. The third-order valence-corrected chi connectivity index (χ3v) is 3.62. The van der Waals surface area contributed by atoms with E-state index in [-0.39, 0.29) is 5.91 Å². The lowest BCUT2D eigenvalue weighted by atomic mass is 10.1. The van der Waals surface area contributed by atoms with Gasteiger partial charge in [0, 0.05) is 18.0 Å². The van der Waals surface area contributed by atoms with Crippen molar-refractivity contribution in [1.82, 2.24) is 20.0 Å². The Labute approximate surface area is 125 Å². The summed E-state index contributed by atoms with van der Waals surface area (Å²) in [6, 6.07) is 9.31. The molecule has 0 unspecified atom stereocenters. The molecule has 0 fully saturated rings. The molecular weight excluding hydrogens is 286 g/mol. The Morgan fingerprint density at radius 1 is 1.29 bits per heavy atom. The average Bonchev–Trinajstić information content (AvgIpc) is 3.12. The van der Waals surface area contributed by atoms with Crippen molar-refractivity contribution < 1.29 is 4.79 Å². The number of amides is 1. The molecule has 1 N–H and O–H groups in total. The van der Waals surface area contributed by atoms with Gasteiger partial charge in [-0.15, -0.1) is 10.2 Å². The van der Waals surface area contributed by atoms with Gasteiger partial charge in [-0.1, -0.05) is 23.5 Å². The van der Waals surface area contributed by atoms with E-state index in [0.29, 0.717) is 17.2 Å². The molecule has 0 saturated carbocycles. The van der Waals surface area contributed by atoms with E-state index in [9.17, 15) is 4.79 Å². The minimum Gasteiger partial charge on any atom is -0.296 e. The Bertz CT molecular complexity index is 733. The topological polar surface area (TPSA) is 72.7 Å². The normalized spacial score (nSPS) is 10.5. The fraction of sp³-hybridized carbons (Fsp3) is 0.143. The van der Waals surface area contributed by atoms with E-state index in [0.717, 1.165) is 10.6 Å². The standard InChI is InChI=1S/C14H13N5OS/c1-10-17-18-14(21-10)16-13(20)12-5-3-11(4-6-12)9-19-8-2-7-15-19/h2-8H,9H2,1H3,(H,16,18,20). The van der Waals surface area contributed by atoms with Gasteiger partial charge in [-0.2, -0.15) is 5.10 Å². The monoisotopic (exact) mass is 299 g/mol. The summed E-state index contributed by atoms with van der Waals surface area (Å²) in [4.78, 5) is 12.1. The minimum absolute atomic E-state index is 0.184. The van der Waals surface area contributed by atoms with Crippen molar-refractivity contribution in [2.24, 2.45) is 0 Å². The highest BCUT2D eigenvalue weighted by atomic mass is 32.1. The zero-order valence-electron chi connectivity index (χ0n) is 11.4. The first-order valence-corrected chi connectivity index (χ1v) is 7.20. The van der Waals surface area contributed by atoms with Crippen molar-refractivity contribution >= 4 is 22.4 Å². The first kappa shape index (κ1) is 13.4. The van der Waals surface area contributed by atoms with Crippen molar-refractivity contribution in [2.45, 2.75) is 13.5 Å². The molecule has 0 aliphatic heterocycles. The molecule has 0 saturated heterocycles. The predicted molar refractivity (Wildman–Crippen MR) is 80.4 cm³/mol. The van der Waals surface area contributed by atoms with Crippen LogP contribution in [0.15, 0.2) is 42.7 Å². The number of hydrogen-bond acceptors (Lipinski definition) is 5. The first-order chi connectivity index (χ1) is 10.2. The van der Waals surface area contributed by atoms with E-state index in [2.05, 4.69) is 20.6 Å². The van der Waals surface area contributed by atoms with Gasteiger partial charge in [0.15, 0.2) is 0 Å². The predicted octanol–water partition coefficient (Wildman–Crippen LogP) is 2.34. The van der Waals surface area contributed by atoms with E-state index < -0.39 is 0 Å². The Hall–Kier alpha value is -2.54. The number of aromatic nitrogens is 4. The summed E-state index contributed by atoms with van der Waals surface area (Å²) in [5.41, 5.74) is 1.68. The molecule has 0 atom stereocenters. The van der Waals surface area contributed by atoms with Crippen LogP contribution in [0, 0.1) is 6.92 Å². The summed E-state index contributed by atoms with van der Waals surface area (Å²) in [5, 5.41) is 16.0. The second-order valence-electron chi connectivity index (χ2n) is 4.48. The van der Waals surface area contributed by atoms with Crippen LogP contribution in [-0.4, -0.2) is 25.9 Å². The van der Waals surface area contributed by atoms with Crippen molar-refractivity contribution in [3.63, 3.8) is 0 Å². The number of rotatable bonds is 4. The van der Waals surface area contributed by atoms with Gasteiger partial charge in [-0.25, -0.2) is 0 Å². The second-order valence-corrected chi connectivity index (χ2v) is 5.66. The summed E-state index contributed by atoms with van der Waals surface area (Å²) >= 11 is 1.35. The second kappa shape index (κ2) is 5.84. The number of carbonyl (C=O) groups is 1. The Morgan fingerprint density at radius 2 is 2.10 bits per heavy atom. The molecule has 0 aliphatic rings. The van der Waals surface area contributed by atoms with E-state index in [4.69, 9.17) is 0 Å². The molecule has 21 heavy (non-hydrogen) atoms. The van der Waals surface area contributed by atoms with Gasteiger partial charge >= 0.3 is 0 Å². The average molecular weight is 299 g/mol. The molecule has 7 heteroatoms. The summed E-state index contributed by atoms with van der Waals surface area (Å²) in [6.45, 7) is 2.53. The van der Waals surface area contributed by atoms with Crippen LogP contribution in [0.1, 0.15) is 20.9 Å². The number of carbonyl (C=O) groups excluding carboxylic acids is 1. The highest BCUT2D eigenvalue weighted by Crippen LogP contribution is 2.15. The molecule has 2 heterocycles. The van der Waals surface area contributed by atoms with Crippen molar-refractivity contribution in [2.75, 3.05) is 5.32 Å².